The van der Waals surface area contributed by atoms with Gasteiger partial charge in [0.05, 0.1) is 5.39 Å². The Balaban J connectivity index is 1.72. The van der Waals surface area contributed by atoms with Gasteiger partial charge < -0.3 is 14.6 Å². The average molecular weight is 356 g/mol. The number of rotatable bonds is 6. The fraction of sp³-hybridized carbons (Fsp3) is 0.389. The van der Waals surface area contributed by atoms with Crippen LogP contribution in [0.15, 0.2) is 33.8 Å². The number of anilines is 1. The van der Waals surface area contributed by atoms with Crippen LogP contribution >= 0.6 is 11.3 Å². The third-order valence-electron chi connectivity index (χ3n) is 4.80. The first-order chi connectivity index (χ1) is 12.1. The minimum absolute atomic E-state index is 0.0540. The van der Waals surface area contributed by atoms with Gasteiger partial charge in [-0.05, 0) is 49.1 Å². The largest absolute Gasteiger partial charge is 0.421 e. The molecule has 6 nitrogen and oxygen atoms in total. The van der Waals surface area contributed by atoms with Gasteiger partial charge in [-0.15, -0.1) is 0 Å². The van der Waals surface area contributed by atoms with Crippen LogP contribution in [-0.2, 0) is 6.54 Å². The van der Waals surface area contributed by atoms with E-state index in [9.17, 15) is 4.79 Å². The molecule has 25 heavy (non-hydrogen) atoms. The molecule has 0 unspecified atom stereocenters. The molecule has 4 rings (SSSR count). The molecule has 0 bridgehead atoms. The minimum atomic E-state index is -0.155. The first kappa shape index (κ1) is 16.1. The van der Waals surface area contributed by atoms with Crippen LogP contribution in [0.25, 0.3) is 11.1 Å². The monoisotopic (exact) mass is 356 g/mol. The molecule has 1 amide bonds. The normalized spacial score (nSPS) is 15.3. The molecule has 1 aliphatic rings. The van der Waals surface area contributed by atoms with Gasteiger partial charge in [0.1, 0.15) is 11.9 Å². The lowest BCUT2D eigenvalue weighted by molar-refractivity contribution is 0.0952. The molecule has 130 valence electrons. The predicted octanol–water partition coefficient (Wildman–Crippen LogP) is 3.59. The molecule has 0 radical (unpaired) electrons. The molecule has 0 aromatic carbocycles. The Morgan fingerprint density at radius 1 is 1.48 bits per heavy atom. The Kier molecular flexibility index (Phi) is 3.95. The maximum Gasteiger partial charge on any atom is 0.257 e. The summed E-state index contributed by atoms with van der Waals surface area (Å²) in [6.45, 7) is 5.54. The molecule has 3 aromatic heterocycles. The molecule has 1 fully saturated rings. The SMILES string of the molecule is CCN(c1oc2ncncc2c1C(=O)NCc1ccsc1)C1(C)CC1. The van der Waals surface area contributed by atoms with E-state index >= 15 is 0 Å². The molecule has 1 N–H and O–H groups in total. The summed E-state index contributed by atoms with van der Waals surface area (Å²) in [5.74, 6) is 0.443. The zero-order chi connectivity index (χ0) is 17.4. The van der Waals surface area contributed by atoms with E-state index in [1.54, 1.807) is 17.5 Å². The van der Waals surface area contributed by atoms with E-state index in [0.717, 1.165) is 24.9 Å². The number of carbonyl (C=O) groups is 1. The summed E-state index contributed by atoms with van der Waals surface area (Å²) in [5.41, 5.74) is 2.12. The van der Waals surface area contributed by atoms with Crippen molar-refractivity contribution in [3.05, 3.63) is 40.5 Å². The number of furan rings is 1. The average Bonchev–Trinajstić information content (AvgIpc) is 3.04. The van der Waals surface area contributed by atoms with E-state index in [-0.39, 0.29) is 11.4 Å². The quantitative estimate of drug-likeness (QED) is 0.731. The van der Waals surface area contributed by atoms with Gasteiger partial charge >= 0.3 is 0 Å². The van der Waals surface area contributed by atoms with Crippen molar-refractivity contribution < 1.29 is 9.21 Å². The van der Waals surface area contributed by atoms with Crippen molar-refractivity contribution in [3.8, 4) is 0 Å². The summed E-state index contributed by atoms with van der Waals surface area (Å²) < 4.78 is 5.99. The molecule has 3 aromatic rings. The van der Waals surface area contributed by atoms with Crippen LogP contribution in [-0.4, -0.2) is 28.0 Å². The van der Waals surface area contributed by atoms with Crippen LogP contribution in [0.3, 0.4) is 0 Å². The molecule has 0 spiro atoms. The van der Waals surface area contributed by atoms with E-state index in [4.69, 9.17) is 4.42 Å². The molecule has 1 saturated carbocycles. The molecule has 0 aliphatic heterocycles. The second kappa shape index (κ2) is 6.15. The van der Waals surface area contributed by atoms with Crippen LogP contribution in [0.2, 0.25) is 0 Å². The van der Waals surface area contributed by atoms with Gasteiger partial charge in [-0.1, -0.05) is 0 Å². The summed E-state index contributed by atoms with van der Waals surface area (Å²) in [5, 5.41) is 7.68. The molecule has 1 aliphatic carbocycles. The maximum absolute atomic E-state index is 13.0. The highest BCUT2D eigenvalue weighted by atomic mass is 32.1. The first-order valence-corrected chi connectivity index (χ1v) is 9.36. The van der Waals surface area contributed by atoms with E-state index in [0.29, 0.717) is 29.1 Å². The van der Waals surface area contributed by atoms with Crippen molar-refractivity contribution in [1.29, 1.82) is 0 Å². The van der Waals surface area contributed by atoms with Crippen molar-refractivity contribution in [1.82, 2.24) is 15.3 Å². The second-order valence-electron chi connectivity index (χ2n) is 6.58. The van der Waals surface area contributed by atoms with Gasteiger partial charge in [-0.25, -0.2) is 9.97 Å². The first-order valence-electron chi connectivity index (χ1n) is 8.42. The summed E-state index contributed by atoms with van der Waals surface area (Å²) in [6, 6.07) is 2.01. The zero-order valence-corrected chi connectivity index (χ0v) is 15.1. The van der Waals surface area contributed by atoms with Gasteiger partial charge in [0.15, 0.2) is 0 Å². The molecule has 3 heterocycles. The standard InChI is InChI=1S/C18H20N4O2S/c1-3-22(18(2)5-6-18)17-14(13-9-19-11-21-16(13)24-17)15(23)20-8-12-4-7-25-10-12/h4,7,9-11H,3,5-6,8H2,1-2H3,(H,20,23). The smallest absolute Gasteiger partial charge is 0.257 e. The van der Waals surface area contributed by atoms with E-state index in [1.165, 1.54) is 6.33 Å². The van der Waals surface area contributed by atoms with Gasteiger partial charge in [0.25, 0.3) is 5.91 Å². The van der Waals surface area contributed by atoms with Crippen molar-refractivity contribution >= 4 is 34.2 Å². The Labute approximate surface area is 149 Å². The molecular weight excluding hydrogens is 336 g/mol. The number of amides is 1. The number of nitrogens with one attached hydrogen (secondary N) is 1. The summed E-state index contributed by atoms with van der Waals surface area (Å²) >= 11 is 1.62. The fourth-order valence-electron chi connectivity index (χ4n) is 3.12. The van der Waals surface area contributed by atoms with Crippen LogP contribution in [0.5, 0.6) is 0 Å². The lowest BCUT2D eigenvalue weighted by Gasteiger charge is -2.28. The summed E-state index contributed by atoms with van der Waals surface area (Å²) in [7, 11) is 0. The van der Waals surface area contributed by atoms with Crippen LogP contribution in [0, 0.1) is 0 Å². The molecule has 7 heteroatoms. The number of hydrogen-bond acceptors (Lipinski definition) is 6. The second-order valence-corrected chi connectivity index (χ2v) is 7.36. The number of hydrogen-bond donors (Lipinski definition) is 1. The van der Waals surface area contributed by atoms with Gasteiger partial charge in [-0.2, -0.15) is 11.3 Å². The summed E-state index contributed by atoms with van der Waals surface area (Å²) in [6.07, 6.45) is 5.29. The Bertz CT molecular complexity index is 899. The maximum atomic E-state index is 13.0. The highest BCUT2D eigenvalue weighted by Gasteiger charge is 2.45. The highest BCUT2D eigenvalue weighted by molar-refractivity contribution is 7.07. The zero-order valence-electron chi connectivity index (χ0n) is 14.3. The van der Waals surface area contributed by atoms with Gasteiger partial charge in [0, 0.05) is 24.8 Å². The molecule has 0 atom stereocenters. The number of carbonyl (C=O) groups excluding carboxylic acids is 1. The van der Waals surface area contributed by atoms with Crippen molar-refractivity contribution in [2.24, 2.45) is 0 Å². The van der Waals surface area contributed by atoms with Crippen LogP contribution in [0.4, 0.5) is 5.88 Å². The number of fused-ring (bicyclic) bond motifs is 1. The Morgan fingerprint density at radius 3 is 3.00 bits per heavy atom. The number of aromatic nitrogens is 2. The van der Waals surface area contributed by atoms with E-state index in [1.807, 2.05) is 16.8 Å². The number of nitrogens with zero attached hydrogens (tertiary/aromatic N) is 3. The van der Waals surface area contributed by atoms with Crippen molar-refractivity contribution in [2.45, 2.75) is 38.8 Å². The van der Waals surface area contributed by atoms with Gasteiger partial charge in [0.2, 0.25) is 11.6 Å². The predicted molar refractivity (Wildman–Crippen MR) is 98.0 cm³/mol. The third-order valence-corrected chi connectivity index (χ3v) is 5.53. The van der Waals surface area contributed by atoms with Crippen molar-refractivity contribution in [2.75, 3.05) is 11.4 Å². The number of thiophene rings is 1. The van der Waals surface area contributed by atoms with E-state index < -0.39 is 0 Å². The summed E-state index contributed by atoms with van der Waals surface area (Å²) in [4.78, 5) is 23.4. The highest BCUT2D eigenvalue weighted by Crippen LogP contribution is 2.46. The lowest BCUT2D eigenvalue weighted by Crippen LogP contribution is -2.36. The Morgan fingerprint density at radius 2 is 2.32 bits per heavy atom. The Hall–Kier alpha value is -2.41. The van der Waals surface area contributed by atoms with Crippen LogP contribution in [0.1, 0.15) is 42.6 Å². The van der Waals surface area contributed by atoms with Crippen molar-refractivity contribution in [3.63, 3.8) is 0 Å². The fourth-order valence-corrected chi connectivity index (χ4v) is 3.79. The van der Waals surface area contributed by atoms with Gasteiger partial charge in [-0.3, -0.25) is 4.79 Å². The third kappa shape index (κ3) is 2.89. The molecular formula is C18H20N4O2S. The van der Waals surface area contributed by atoms with E-state index in [2.05, 4.69) is 34.0 Å². The van der Waals surface area contributed by atoms with Crippen LogP contribution < -0.4 is 10.2 Å². The molecule has 0 saturated heterocycles. The minimum Gasteiger partial charge on any atom is -0.421 e. The topological polar surface area (TPSA) is 71.3 Å². The lowest BCUT2D eigenvalue weighted by atomic mass is 10.1.